The molecule has 1 aromatic carbocycles. The van der Waals surface area contributed by atoms with E-state index < -0.39 is 0 Å². The molecule has 7 nitrogen and oxygen atoms in total. The summed E-state index contributed by atoms with van der Waals surface area (Å²) in [5.41, 5.74) is 7.58. The number of nitrogen functional groups attached to an aromatic ring is 1. The summed E-state index contributed by atoms with van der Waals surface area (Å²) in [5, 5.41) is 7.31. The fourth-order valence-corrected chi connectivity index (χ4v) is 1.90. The molecule has 0 bridgehead atoms. The van der Waals surface area contributed by atoms with Gasteiger partial charge in [-0.2, -0.15) is 0 Å². The van der Waals surface area contributed by atoms with Crippen molar-refractivity contribution in [3.05, 3.63) is 30.3 Å². The Labute approximate surface area is 109 Å². The lowest BCUT2D eigenvalue weighted by atomic mass is 10.3. The molecule has 0 unspecified atom stereocenters. The SMILES string of the molecule is CCN(c1ccccc1)c1nc2nonc2nc1N. The van der Waals surface area contributed by atoms with Crippen molar-refractivity contribution in [2.45, 2.75) is 6.92 Å². The molecule has 0 saturated heterocycles. The Kier molecular flexibility index (Phi) is 2.71. The summed E-state index contributed by atoms with van der Waals surface area (Å²) >= 11 is 0. The van der Waals surface area contributed by atoms with Crippen LogP contribution in [0.25, 0.3) is 11.3 Å². The van der Waals surface area contributed by atoms with Crippen LogP contribution in [0.3, 0.4) is 0 Å². The van der Waals surface area contributed by atoms with E-state index in [1.54, 1.807) is 0 Å². The van der Waals surface area contributed by atoms with Crippen LogP contribution in [0.15, 0.2) is 35.0 Å². The van der Waals surface area contributed by atoms with Crippen LogP contribution in [0.5, 0.6) is 0 Å². The maximum Gasteiger partial charge on any atom is 0.245 e. The summed E-state index contributed by atoms with van der Waals surface area (Å²) in [7, 11) is 0. The molecule has 0 atom stereocenters. The molecule has 19 heavy (non-hydrogen) atoms. The van der Waals surface area contributed by atoms with Crippen LogP contribution in [-0.4, -0.2) is 26.8 Å². The first-order valence-electron chi connectivity index (χ1n) is 5.88. The predicted octanol–water partition coefficient (Wildman–Crippen LogP) is 1.75. The van der Waals surface area contributed by atoms with Crippen molar-refractivity contribution in [1.82, 2.24) is 20.3 Å². The number of nitrogens with two attached hydrogens (primary N) is 1. The first kappa shape index (κ1) is 11.4. The van der Waals surface area contributed by atoms with Crippen molar-refractivity contribution < 1.29 is 4.63 Å². The van der Waals surface area contributed by atoms with E-state index in [4.69, 9.17) is 5.73 Å². The van der Waals surface area contributed by atoms with Crippen molar-refractivity contribution in [2.24, 2.45) is 0 Å². The number of rotatable bonds is 3. The highest BCUT2D eigenvalue weighted by Gasteiger charge is 2.16. The maximum atomic E-state index is 5.93. The van der Waals surface area contributed by atoms with Crippen LogP contribution in [0.2, 0.25) is 0 Å². The lowest BCUT2D eigenvalue weighted by molar-refractivity contribution is 0.314. The highest BCUT2D eigenvalue weighted by molar-refractivity contribution is 5.76. The number of para-hydroxylation sites is 1. The quantitative estimate of drug-likeness (QED) is 0.762. The molecule has 3 aromatic rings. The molecule has 0 radical (unpaired) electrons. The van der Waals surface area contributed by atoms with Crippen LogP contribution in [0, 0.1) is 0 Å². The molecule has 0 fully saturated rings. The van der Waals surface area contributed by atoms with Gasteiger partial charge in [-0.05, 0) is 29.4 Å². The molecule has 0 aliphatic heterocycles. The monoisotopic (exact) mass is 256 g/mol. The third kappa shape index (κ3) is 1.95. The van der Waals surface area contributed by atoms with E-state index in [9.17, 15) is 0 Å². The predicted molar refractivity (Wildman–Crippen MR) is 70.9 cm³/mol. The molecule has 0 saturated carbocycles. The van der Waals surface area contributed by atoms with E-state index in [2.05, 4.69) is 24.9 Å². The minimum absolute atomic E-state index is 0.300. The van der Waals surface area contributed by atoms with Crippen LogP contribution < -0.4 is 10.6 Å². The Morgan fingerprint density at radius 1 is 1.11 bits per heavy atom. The molecule has 2 aromatic heterocycles. The zero-order valence-corrected chi connectivity index (χ0v) is 10.3. The smallest absolute Gasteiger partial charge is 0.245 e. The van der Waals surface area contributed by atoms with Gasteiger partial charge in [-0.25, -0.2) is 14.6 Å². The Morgan fingerprint density at radius 3 is 2.47 bits per heavy atom. The van der Waals surface area contributed by atoms with Gasteiger partial charge in [0.25, 0.3) is 0 Å². The molecule has 0 aliphatic rings. The number of hydrogen-bond acceptors (Lipinski definition) is 7. The Bertz CT molecular complexity index is 696. The first-order valence-corrected chi connectivity index (χ1v) is 5.88. The minimum Gasteiger partial charge on any atom is -0.381 e. The summed E-state index contributed by atoms with van der Waals surface area (Å²) in [5.74, 6) is 0.853. The van der Waals surface area contributed by atoms with Crippen LogP contribution in [0.4, 0.5) is 17.3 Å². The van der Waals surface area contributed by atoms with Gasteiger partial charge in [-0.15, -0.1) is 0 Å². The number of fused-ring (bicyclic) bond motifs is 1. The second-order valence-corrected chi connectivity index (χ2v) is 3.92. The molecule has 2 N–H and O–H groups in total. The van der Waals surface area contributed by atoms with Crippen molar-refractivity contribution in [2.75, 3.05) is 17.2 Å². The standard InChI is InChI=1S/C12H12N6O/c1-2-18(8-6-4-3-5-7-8)12-9(13)14-10-11(15-12)17-19-16-10/h3-7H,2H2,1H3,(H2,13,14,16). The molecule has 3 rings (SSSR count). The number of hydrogen-bond donors (Lipinski definition) is 1. The van der Waals surface area contributed by atoms with Crippen molar-refractivity contribution >= 4 is 28.6 Å². The molecule has 2 heterocycles. The van der Waals surface area contributed by atoms with Crippen molar-refractivity contribution in [3.8, 4) is 0 Å². The van der Waals surface area contributed by atoms with Gasteiger partial charge in [0.05, 0.1) is 0 Å². The average Bonchev–Trinajstić information content (AvgIpc) is 2.88. The Hall–Kier alpha value is -2.70. The minimum atomic E-state index is 0.300. The summed E-state index contributed by atoms with van der Waals surface area (Å²) in [4.78, 5) is 10.4. The van der Waals surface area contributed by atoms with E-state index in [1.165, 1.54) is 0 Å². The van der Waals surface area contributed by atoms with Gasteiger partial charge in [0, 0.05) is 12.2 Å². The Morgan fingerprint density at radius 2 is 1.79 bits per heavy atom. The number of benzene rings is 1. The number of aromatic nitrogens is 4. The summed E-state index contributed by atoms with van der Waals surface area (Å²) in [6.45, 7) is 2.72. The van der Waals surface area contributed by atoms with Gasteiger partial charge in [0.2, 0.25) is 11.3 Å². The van der Waals surface area contributed by atoms with Crippen LogP contribution >= 0.6 is 0 Å². The third-order valence-corrected chi connectivity index (χ3v) is 2.76. The van der Waals surface area contributed by atoms with Crippen molar-refractivity contribution in [3.63, 3.8) is 0 Å². The van der Waals surface area contributed by atoms with Gasteiger partial charge in [0.1, 0.15) is 0 Å². The molecular formula is C12H12N6O. The molecule has 7 heteroatoms. The summed E-state index contributed by atoms with van der Waals surface area (Å²) < 4.78 is 4.59. The average molecular weight is 256 g/mol. The molecule has 0 aliphatic carbocycles. The molecule has 0 spiro atoms. The molecule has 0 amide bonds. The third-order valence-electron chi connectivity index (χ3n) is 2.76. The van der Waals surface area contributed by atoms with Gasteiger partial charge in [0.15, 0.2) is 11.6 Å². The summed E-state index contributed by atoms with van der Waals surface area (Å²) in [6.07, 6.45) is 0. The van der Waals surface area contributed by atoms with Gasteiger partial charge >= 0.3 is 0 Å². The van der Waals surface area contributed by atoms with E-state index in [0.29, 0.717) is 29.5 Å². The number of anilines is 3. The van der Waals surface area contributed by atoms with E-state index in [0.717, 1.165) is 5.69 Å². The first-order chi connectivity index (χ1) is 9.29. The lowest BCUT2D eigenvalue weighted by Gasteiger charge is -2.22. The molecular weight excluding hydrogens is 244 g/mol. The second-order valence-electron chi connectivity index (χ2n) is 3.92. The fourth-order valence-electron chi connectivity index (χ4n) is 1.90. The van der Waals surface area contributed by atoms with E-state index in [1.807, 2.05) is 42.2 Å². The van der Waals surface area contributed by atoms with Gasteiger partial charge in [-0.1, -0.05) is 18.2 Å². The topological polar surface area (TPSA) is 94.0 Å². The van der Waals surface area contributed by atoms with Crippen LogP contribution in [-0.2, 0) is 0 Å². The second kappa shape index (κ2) is 4.52. The van der Waals surface area contributed by atoms with Crippen LogP contribution in [0.1, 0.15) is 6.92 Å². The van der Waals surface area contributed by atoms with E-state index in [-0.39, 0.29) is 0 Å². The lowest BCUT2D eigenvalue weighted by Crippen LogP contribution is -2.19. The highest BCUT2D eigenvalue weighted by atomic mass is 16.6. The van der Waals surface area contributed by atoms with Gasteiger partial charge in [-0.3, -0.25) is 0 Å². The number of nitrogens with zero attached hydrogens (tertiary/aromatic N) is 5. The zero-order chi connectivity index (χ0) is 13.2. The summed E-state index contributed by atoms with van der Waals surface area (Å²) in [6, 6.07) is 9.83. The normalized spacial score (nSPS) is 10.8. The maximum absolute atomic E-state index is 5.93. The zero-order valence-electron chi connectivity index (χ0n) is 10.3. The highest BCUT2D eigenvalue weighted by Crippen LogP contribution is 2.27. The van der Waals surface area contributed by atoms with Gasteiger partial charge < -0.3 is 10.6 Å². The van der Waals surface area contributed by atoms with E-state index >= 15 is 0 Å². The molecule has 96 valence electrons. The van der Waals surface area contributed by atoms with Crippen molar-refractivity contribution in [1.29, 1.82) is 0 Å². The largest absolute Gasteiger partial charge is 0.381 e. The Balaban J connectivity index is 2.13. The fraction of sp³-hybridized carbons (Fsp3) is 0.167.